The van der Waals surface area contributed by atoms with Crippen LogP contribution in [0.1, 0.15) is 9.75 Å². The van der Waals surface area contributed by atoms with E-state index in [0.717, 1.165) is 11.7 Å². The van der Waals surface area contributed by atoms with Crippen molar-refractivity contribution in [1.29, 1.82) is 0 Å². The molecule has 2 rings (SSSR count). The van der Waals surface area contributed by atoms with E-state index in [9.17, 15) is 0 Å². The highest BCUT2D eigenvalue weighted by atomic mass is 32.1. The molecule has 0 fully saturated rings. The van der Waals surface area contributed by atoms with Gasteiger partial charge in [-0.15, -0.1) is 22.7 Å². The number of hydrogen-bond donors (Lipinski definition) is 1. The maximum Gasteiger partial charge on any atom is 0.183 e. The Bertz CT molecular complexity index is 365. The lowest BCUT2D eigenvalue weighted by atomic mass is 10.5. The topological polar surface area (TPSA) is 24.9 Å². The quantitative estimate of drug-likeness (QED) is 0.842. The first-order valence-corrected chi connectivity index (χ1v) is 5.73. The van der Waals surface area contributed by atoms with Crippen molar-refractivity contribution < 1.29 is 0 Å². The lowest BCUT2D eigenvalue weighted by molar-refractivity contribution is 1.17. The molecular weight excluding hydrogens is 200 g/mol. The van der Waals surface area contributed by atoms with Gasteiger partial charge in [0.15, 0.2) is 5.13 Å². The molecule has 0 saturated carbocycles. The molecule has 0 spiro atoms. The van der Waals surface area contributed by atoms with Gasteiger partial charge in [0.1, 0.15) is 0 Å². The van der Waals surface area contributed by atoms with E-state index in [1.807, 2.05) is 6.20 Å². The van der Waals surface area contributed by atoms with Crippen LogP contribution < -0.4 is 5.32 Å². The summed E-state index contributed by atoms with van der Waals surface area (Å²) in [5.74, 6) is 0. The largest absolute Gasteiger partial charge is 0.357 e. The molecule has 4 heteroatoms. The number of nitrogens with zero attached hydrogens (tertiary/aromatic N) is 1. The van der Waals surface area contributed by atoms with Crippen molar-refractivity contribution in [2.45, 2.75) is 13.5 Å². The molecule has 0 bridgehead atoms. The van der Waals surface area contributed by atoms with Gasteiger partial charge in [-0.2, -0.15) is 0 Å². The van der Waals surface area contributed by atoms with Gasteiger partial charge < -0.3 is 5.32 Å². The predicted molar refractivity (Wildman–Crippen MR) is 58.5 cm³/mol. The van der Waals surface area contributed by atoms with Gasteiger partial charge in [0.05, 0.1) is 6.54 Å². The third-order valence-electron chi connectivity index (χ3n) is 1.62. The molecule has 68 valence electrons. The summed E-state index contributed by atoms with van der Waals surface area (Å²) in [5.41, 5.74) is 0. The Morgan fingerprint density at radius 2 is 2.46 bits per heavy atom. The van der Waals surface area contributed by atoms with Crippen LogP contribution in [0.25, 0.3) is 0 Å². The van der Waals surface area contributed by atoms with Crippen LogP contribution >= 0.6 is 22.7 Å². The Hall–Kier alpha value is -0.870. The normalized spacial score (nSPS) is 10.2. The lowest BCUT2D eigenvalue weighted by Crippen LogP contribution is -1.95. The second kappa shape index (κ2) is 3.89. The zero-order valence-corrected chi connectivity index (χ0v) is 8.91. The van der Waals surface area contributed by atoms with Crippen molar-refractivity contribution in [3.8, 4) is 0 Å². The zero-order chi connectivity index (χ0) is 9.10. The third kappa shape index (κ3) is 2.29. The van der Waals surface area contributed by atoms with Crippen molar-refractivity contribution in [2.24, 2.45) is 0 Å². The smallest absolute Gasteiger partial charge is 0.183 e. The molecule has 2 heterocycles. The summed E-state index contributed by atoms with van der Waals surface area (Å²) < 4.78 is 0. The molecule has 1 N–H and O–H groups in total. The second-order valence-electron chi connectivity index (χ2n) is 2.71. The van der Waals surface area contributed by atoms with Gasteiger partial charge in [-0.25, -0.2) is 4.98 Å². The molecule has 2 aromatic heterocycles. The summed E-state index contributed by atoms with van der Waals surface area (Å²) in [5, 5.41) is 6.38. The first-order valence-electron chi connectivity index (χ1n) is 4.03. The Balaban J connectivity index is 1.93. The molecule has 2 aromatic rings. The first-order chi connectivity index (χ1) is 6.34. The highest BCUT2D eigenvalue weighted by Crippen LogP contribution is 2.18. The van der Waals surface area contributed by atoms with Gasteiger partial charge in [0, 0.05) is 16.0 Å². The Kier molecular flexibility index (Phi) is 2.61. The van der Waals surface area contributed by atoms with Crippen molar-refractivity contribution in [3.63, 3.8) is 0 Å². The van der Waals surface area contributed by atoms with Crippen molar-refractivity contribution in [1.82, 2.24) is 4.98 Å². The average Bonchev–Trinajstić information content (AvgIpc) is 2.71. The molecule has 0 unspecified atom stereocenters. The van der Waals surface area contributed by atoms with Crippen LogP contribution in [0.2, 0.25) is 0 Å². The van der Waals surface area contributed by atoms with Gasteiger partial charge in [-0.05, 0) is 18.4 Å². The Labute approximate surface area is 85.3 Å². The van der Waals surface area contributed by atoms with Gasteiger partial charge in [-0.1, -0.05) is 6.07 Å². The molecule has 0 amide bonds. The van der Waals surface area contributed by atoms with E-state index >= 15 is 0 Å². The number of thiazole rings is 1. The number of aryl methyl sites for hydroxylation is 1. The van der Waals surface area contributed by atoms with Crippen LogP contribution in [-0.4, -0.2) is 4.98 Å². The van der Waals surface area contributed by atoms with E-state index in [-0.39, 0.29) is 0 Å². The maximum absolute atomic E-state index is 4.23. The predicted octanol–water partition coefficient (Wildman–Crippen LogP) is 3.13. The fourth-order valence-corrected chi connectivity index (χ4v) is 2.32. The monoisotopic (exact) mass is 210 g/mol. The van der Waals surface area contributed by atoms with E-state index < -0.39 is 0 Å². The summed E-state index contributed by atoms with van der Waals surface area (Å²) in [4.78, 5) is 6.81. The molecule has 13 heavy (non-hydrogen) atoms. The fourth-order valence-electron chi connectivity index (χ4n) is 1.01. The van der Waals surface area contributed by atoms with Gasteiger partial charge in [0.2, 0.25) is 0 Å². The maximum atomic E-state index is 4.23. The Morgan fingerprint density at radius 1 is 1.54 bits per heavy atom. The zero-order valence-electron chi connectivity index (χ0n) is 7.28. The van der Waals surface area contributed by atoms with E-state index in [0.29, 0.717) is 0 Å². The minimum absolute atomic E-state index is 0.880. The van der Waals surface area contributed by atoms with E-state index in [1.54, 1.807) is 22.7 Å². The summed E-state index contributed by atoms with van der Waals surface area (Å²) in [6, 6.07) is 4.19. The molecule has 0 aromatic carbocycles. The lowest BCUT2D eigenvalue weighted by Gasteiger charge is -1.97. The number of thiophene rings is 1. The fraction of sp³-hybridized carbons (Fsp3) is 0.222. The number of hydrogen-bond acceptors (Lipinski definition) is 4. The highest BCUT2D eigenvalue weighted by Gasteiger charge is 1.97. The van der Waals surface area contributed by atoms with E-state index in [2.05, 4.69) is 34.7 Å². The molecule has 0 atom stereocenters. The van der Waals surface area contributed by atoms with E-state index in [4.69, 9.17) is 0 Å². The molecule has 0 radical (unpaired) electrons. The average molecular weight is 210 g/mol. The molecule has 2 nitrogen and oxygen atoms in total. The van der Waals surface area contributed by atoms with Crippen LogP contribution in [0.4, 0.5) is 5.13 Å². The standard InChI is InChI=1S/C9H10N2S2/c1-7-5-10-9(13-7)11-6-8-3-2-4-12-8/h2-5H,6H2,1H3,(H,10,11). The summed E-state index contributed by atoms with van der Waals surface area (Å²) in [7, 11) is 0. The van der Waals surface area contributed by atoms with Crippen molar-refractivity contribution in [3.05, 3.63) is 33.5 Å². The van der Waals surface area contributed by atoms with Gasteiger partial charge >= 0.3 is 0 Å². The number of aromatic nitrogens is 1. The minimum atomic E-state index is 0.880. The Morgan fingerprint density at radius 3 is 3.08 bits per heavy atom. The summed E-state index contributed by atoms with van der Waals surface area (Å²) in [6.45, 7) is 2.94. The highest BCUT2D eigenvalue weighted by molar-refractivity contribution is 7.15. The van der Waals surface area contributed by atoms with Crippen LogP contribution in [0.5, 0.6) is 0 Å². The molecule has 0 aliphatic rings. The van der Waals surface area contributed by atoms with Gasteiger partial charge in [0.25, 0.3) is 0 Å². The number of rotatable bonds is 3. The minimum Gasteiger partial charge on any atom is -0.357 e. The molecule has 0 aliphatic carbocycles. The second-order valence-corrected chi connectivity index (χ2v) is 4.98. The third-order valence-corrected chi connectivity index (χ3v) is 3.36. The van der Waals surface area contributed by atoms with Crippen LogP contribution in [0.15, 0.2) is 23.7 Å². The SMILES string of the molecule is Cc1cnc(NCc2cccs2)s1. The number of nitrogens with one attached hydrogen (secondary N) is 1. The molecule has 0 saturated heterocycles. The van der Waals surface area contributed by atoms with Crippen molar-refractivity contribution >= 4 is 27.8 Å². The summed E-state index contributed by atoms with van der Waals surface area (Å²) in [6.07, 6.45) is 1.89. The van der Waals surface area contributed by atoms with Crippen LogP contribution in [0.3, 0.4) is 0 Å². The molecule has 0 aliphatic heterocycles. The van der Waals surface area contributed by atoms with E-state index in [1.165, 1.54) is 9.75 Å². The van der Waals surface area contributed by atoms with Crippen LogP contribution in [-0.2, 0) is 6.54 Å². The van der Waals surface area contributed by atoms with Crippen LogP contribution in [0, 0.1) is 6.92 Å². The summed E-state index contributed by atoms with van der Waals surface area (Å²) >= 11 is 3.46. The number of anilines is 1. The molecular formula is C9H10N2S2. The van der Waals surface area contributed by atoms with Crippen molar-refractivity contribution in [2.75, 3.05) is 5.32 Å². The first kappa shape index (κ1) is 8.72. The van der Waals surface area contributed by atoms with Gasteiger partial charge in [-0.3, -0.25) is 0 Å².